The second-order valence-corrected chi connectivity index (χ2v) is 9.39. The minimum atomic E-state index is -1.70. The van der Waals surface area contributed by atoms with Crippen molar-refractivity contribution in [2.75, 3.05) is 38.4 Å². The third kappa shape index (κ3) is 7.43. The van der Waals surface area contributed by atoms with E-state index in [1.165, 1.54) is 12.2 Å². The lowest BCUT2D eigenvalue weighted by Gasteiger charge is -2.47. The predicted molar refractivity (Wildman–Crippen MR) is 117 cm³/mol. The molecule has 0 aromatic carbocycles. The molecule has 0 aliphatic carbocycles. The maximum Gasteiger partial charge on any atom is 0.187 e. The molecule has 10 atom stereocenters. The van der Waals surface area contributed by atoms with E-state index in [9.17, 15) is 35.7 Å². The number of thioether (sulfide) groups is 1. The van der Waals surface area contributed by atoms with E-state index < -0.39 is 74.6 Å². The zero-order chi connectivity index (χ0) is 24.5. The highest BCUT2D eigenvalue weighted by Gasteiger charge is 2.51. The second kappa shape index (κ2) is 14.4. The SMILES string of the molecule is CCCCSCCCN(OC)[C@@H]1OC(CO)[C@@H](O[C@@H]2OC(CO)[C@H](O)C(O)C2O)C(O)C1O. The molecule has 0 saturated carbocycles. The molecular formula is C20H39NO11S. The van der Waals surface area contributed by atoms with Crippen LogP contribution in [0.3, 0.4) is 0 Å². The van der Waals surface area contributed by atoms with Gasteiger partial charge in [0.15, 0.2) is 12.5 Å². The van der Waals surface area contributed by atoms with Crippen molar-refractivity contribution >= 4 is 11.8 Å². The number of hydrogen-bond donors (Lipinski definition) is 7. The van der Waals surface area contributed by atoms with Gasteiger partial charge in [-0.05, 0) is 24.3 Å². The van der Waals surface area contributed by atoms with Gasteiger partial charge in [-0.2, -0.15) is 16.8 Å². The van der Waals surface area contributed by atoms with Gasteiger partial charge in [-0.15, -0.1) is 0 Å². The van der Waals surface area contributed by atoms with Crippen molar-refractivity contribution in [3.8, 4) is 0 Å². The van der Waals surface area contributed by atoms with E-state index >= 15 is 0 Å². The summed E-state index contributed by atoms with van der Waals surface area (Å²) >= 11 is 1.82. The fraction of sp³-hybridized carbons (Fsp3) is 1.00. The van der Waals surface area contributed by atoms with E-state index in [4.69, 9.17) is 19.0 Å². The summed E-state index contributed by atoms with van der Waals surface area (Å²) in [6, 6.07) is 0. The number of aliphatic hydroxyl groups is 7. The average molecular weight is 502 g/mol. The first kappa shape index (κ1) is 29.1. The van der Waals surface area contributed by atoms with Crippen LogP contribution in [-0.4, -0.2) is 141 Å². The molecule has 0 bridgehead atoms. The predicted octanol–water partition coefficient (Wildman–Crippen LogP) is -2.60. The summed E-state index contributed by atoms with van der Waals surface area (Å²) in [6.07, 6.45) is -11.3. The topological polar surface area (TPSA) is 182 Å². The lowest BCUT2D eigenvalue weighted by Crippen LogP contribution is -2.66. The van der Waals surface area contributed by atoms with Crippen LogP contribution in [0.5, 0.6) is 0 Å². The Balaban J connectivity index is 2.01. The van der Waals surface area contributed by atoms with Crippen molar-refractivity contribution in [2.24, 2.45) is 0 Å². The van der Waals surface area contributed by atoms with Crippen LogP contribution in [0.15, 0.2) is 0 Å². The molecule has 2 heterocycles. The number of nitrogens with zero attached hydrogens (tertiary/aromatic N) is 1. The Hall–Kier alpha value is -0.130. The number of aliphatic hydroxyl groups excluding tert-OH is 7. The minimum Gasteiger partial charge on any atom is -0.394 e. The van der Waals surface area contributed by atoms with Crippen molar-refractivity contribution < 1.29 is 54.8 Å². The van der Waals surface area contributed by atoms with Gasteiger partial charge in [0.25, 0.3) is 0 Å². The summed E-state index contributed by atoms with van der Waals surface area (Å²) in [5.74, 6) is 1.95. The van der Waals surface area contributed by atoms with E-state index in [-0.39, 0.29) is 0 Å². The van der Waals surface area contributed by atoms with Gasteiger partial charge in [0, 0.05) is 6.54 Å². The zero-order valence-corrected chi connectivity index (χ0v) is 19.9. The lowest BCUT2D eigenvalue weighted by molar-refractivity contribution is -0.366. The molecule has 2 aliphatic rings. The summed E-state index contributed by atoms with van der Waals surface area (Å²) in [5.41, 5.74) is 0. The first-order valence-electron chi connectivity index (χ1n) is 11.3. The van der Waals surface area contributed by atoms with Gasteiger partial charge in [0.05, 0.1) is 20.3 Å². The number of hydroxylamine groups is 2. The number of unbranched alkanes of at least 4 members (excludes halogenated alkanes) is 1. The Bertz CT molecular complexity index is 546. The Morgan fingerprint density at radius 3 is 2.09 bits per heavy atom. The second-order valence-electron chi connectivity index (χ2n) is 8.17. The van der Waals surface area contributed by atoms with Gasteiger partial charge in [0.2, 0.25) is 0 Å². The maximum absolute atomic E-state index is 10.7. The Morgan fingerprint density at radius 2 is 1.48 bits per heavy atom. The van der Waals surface area contributed by atoms with Gasteiger partial charge in [-0.25, -0.2) is 0 Å². The molecule has 0 aromatic rings. The molecule has 13 heteroatoms. The van der Waals surface area contributed by atoms with Crippen LogP contribution < -0.4 is 0 Å². The molecule has 0 amide bonds. The van der Waals surface area contributed by atoms with Gasteiger partial charge in [0.1, 0.15) is 48.8 Å². The van der Waals surface area contributed by atoms with E-state index in [0.29, 0.717) is 6.54 Å². The van der Waals surface area contributed by atoms with Crippen LogP contribution in [-0.2, 0) is 19.0 Å². The molecule has 0 spiro atoms. The molecule has 2 fully saturated rings. The van der Waals surface area contributed by atoms with Crippen molar-refractivity contribution in [1.82, 2.24) is 5.06 Å². The lowest BCUT2D eigenvalue weighted by atomic mass is 9.96. The molecule has 33 heavy (non-hydrogen) atoms. The Labute approximate surface area is 198 Å². The van der Waals surface area contributed by atoms with Crippen LogP contribution in [0.25, 0.3) is 0 Å². The molecule has 0 aromatic heterocycles. The molecule has 12 nitrogen and oxygen atoms in total. The van der Waals surface area contributed by atoms with E-state index in [1.807, 2.05) is 11.8 Å². The molecule has 2 rings (SSSR count). The number of rotatable bonds is 13. The van der Waals surface area contributed by atoms with E-state index in [0.717, 1.165) is 30.8 Å². The largest absolute Gasteiger partial charge is 0.394 e. The summed E-state index contributed by atoms with van der Waals surface area (Å²) in [6.45, 7) is 1.31. The molecule has 6 unspecified atom stereocenters. The van der Waals surface area contributed by atoms with Crippen LogP contribution in [0, 0.1) is 0 Å². The monoisotopic (exact) mass is 501 g/mol. The molecule has 2 saturated heterocycles. The molecule has 7 N–H and O–H groups in total. The minimum absolute atomic E-state index is 0.417. The molecular weight excluding hydrogens is 462 g/mol. The van der Waals surface area contributed by atoms with Gasteiger partial charge in [-0.1, -0.05) is 13.3 Å². The summed E-state index contributed by atoms with van der Waals surface area (Å²) < 4.78 is 16.6. The fourth-order valence-corrected chi connectivity index (χ4v) is 4.83. The average Bonchev–Trinajstić information content (AvgIpc) is 2.82. The van der Waals surface area contributed by atoms with Crippen LogP contribution >= 0.6 is 11.8 Å². The smallest absolute Gasteiger partial charge is 0.187 e. The van der Waals surface area contributed by atoms with Crippen molar-refractivity contribution in [3.63, 3.8) is 0 Å². The summed E-state index contributed by atoms with van der Waals surface area (Å²) in [5, 5.41) is 72.0. The maximum atomic E-state index is 10.7. The third-order valence-electron chi connectivity index (χ3n) is 5.81. The number of hydrogen-bond acceptors (Lipinski definition) is 13. The third-order valence-corrected chi connectivity index (χ3v) is 6.96. The number of ether oxygens (including phenoxy) is 3. The quantitative estimate of drug-likeness (QED) is 0.103. The van der Waals surface area contributed by atoms with Gasteiger partial charge < -0.3 is 50.0 Å². The van der Waals surface area contributed by atoms with E-state index in [1.54, 1.807) is 0 Å². The highest BCUT2D eigenvalue weighted by Crippen LogP contribution is 2.30. The Kier molecular flexibility index (Phi) is 12.7. The standard InChI is InChI=1S/C20H39NO11S/c1-3-4-7-33-8-5-6-21(29-2)19-16(27)15(26)18(12(10-23)30-19)32-20-17(28)14(25)13(24)11(9-22)31-20/h11-20,22-28H,3-10H2,1-2H3/t11?,12?,13-,14?,15?,16?,17?,18+,19+,20-/m0/s1. The Morgan fingerprint density at radius 1 is 0.818 bits per heavy atom. The highest BCUT2D eigenvalue weighted by molar-refractivity contribution is 7.99. The first-order valence-corrected chi connectivity index (χ1v) is 12.4. The molecule has 0 radical (unpaired) electrons. The van der Waals surface area contributed by atoms with Crippen LogP contribution in [0.1, 0.15) is 26.2 Å². The van der Waals surface area contributed by atoms with Crippen molar-refractivity contribution in [1.29, 1.82) is 0 Å². The van der Waals surface area contributed by atoms with Crippen LogP contribution in [0.2, 0.25) is 0 Å². The molecule has 196 valence electrons. The van der Waals surface area contributed by atoms with Gasteiger partial charge >= 0.3 is 0 Å². The highest BCUT2D eigenvalue weighted by atomic mass is 32.2. The normalized spacial score (nSPS) is 39.8. The summed E-state index contributed by atoms with van der Waals surface area (Å²) in [7, 11) is 1.41. The van der Waals surface area contributed by atoms with E-state index in [2.05, 4.69) is 6.92 Å². The first-order chi connectivity index (χ1) is 15.8. The van der Waals surface area contributed by atoms with Crippen LogP contribution in [0.4, 0.5) is 0 Å². The van der Waals surface area contributed by atoms with Crippen molar-refractivity contribution in [3.05, 3.63) is 0 Å². The molecule has 2 aliphatic heterocycles. The zero-order valence-electron chi connectivity index (χ0n) is 19.0. The fourth-order valence-electron chi connectivity index (χ4n) is 3.80. The van der Waals surface area contributed by atoms with Crippen molar-refractivity contribution in [2.45, 2.75) is 87.5 Å². The summed E-state index contributed by atoms with van der Waals surface area (Å²) in [4.78, 5) is 5.34. The van der Waals surface area contributed by atoms with Gasteiger partial charge in [-0.3, -0.25) is 4.84 Å².